The van der Waals surface area contributed by atoms with Gasteiger partial charge in [-0.1, -0.05) is 0 Å². The number of nitrogen functional groups attached to an aromatic ring is 1. The molecule has 104 valence electrons. The number of hydrogen-bond donors (Lipinski definition) is 2. The first-order valence-electron chi connectivity index (χ1n) is 6.53. The number of likely N-dealkylation sites (N-methyl/N-ethyl adjacent to an activating group) is 1. The summed E-state index contributed by atoms with van der Waals surface area (Å²) in [6.45, 7) is 2.00. The number of methoxy groups -OCH3 is 1. The molecule has 0 saturated carbocycles. The maximum absolute atomic E-state index is 12.1. The fourth-order valence-corrected chi connectivity index (χ4v) is 2.43. The molecule has 0 radical (unpaired) electrons. The number of nitrogens with zero attached hydrogens (tertiary/aromatic N) is 1. The quantitative estimate of drug-likeness (QED) is 0.801. The molecule has 1 atom stereocenters. The lowest BCUT2D eigenvalue weighted by molar-refractivity contribution is 0.0912. The summed E-state index contributed by atoms with van der Waals surface area (Å²) in [4.78, 5) is 14.4. The van der Waals surface area contributed by atoms with Gasteiger partial charge in [0.2, 0.25) is 0 Å². The van der Waals surface area contributed by atoms with Crippen LogP contribution in [0.5, 0.6) is 5.75 Å². The van der Waals surface area contributed by atoms with Gasteiger partial charge in [0.15, 0.2) is 0 Å². The number of amides is 1. The minimum absolute atomic E-state index is 0.0744. The number of hydrogen-bond acceptors (Lipinski definition) is 4. The Balaban J connectivity index is 2.01. The molecule has 2 rings (SSSR count). The van der Waals surface area contributed by atoms with Crippen LogP contribution in [0.4, 0.5) is 5.69 Å². The van der Waals surface area contributed by atoms with E-state index in [9.17, 15) is 4.79 Å². The highest BCUT2D eigenvalue weighted by atomic mass is 16.5. The smallest absolute Gasteiger partial charge is 0.251 e. The highest BCUT2D eigenvalue weighted by Crippen LogP contribution is 2.22. The number of nitrogens with one attached hydrogen (secondary N) is 1. The zero-order valence-electron chi connectivity index (χ0n) is 11.5. The van der Waals surface area contributed by atoms with E-state index in [1.807, 2.05) is 0 Å². The summed E-state index contributed by atoms with van der Waals surface area (Å²) >= 11 is 0. The predicted molar refractivity (Wildman–Crippen MR) is 75.4 cm³/mol. The van der Waals surface area contributed by atoms with Crippen molar-refractivity contribution in [3.63, 3.8) is 0 Å². The third kappa shape index (κ3) is 3.38. The largest absolute Gasteiger partial charge is 0.495 e. The highest BCUT2D eigenvalue weighted by Gasteiger charge is 2.19. The molecular weight excluding hydrogens is 242 g/mol. The molecule has 19 heavy (non-hydrogen) atoms. The van der Waals surface area contributed by atoms with Crippen LogP contribution >= 0.6 is 0 Å². The molecule has 1 aromatic carbocycles. The van der Waals surface area contributed by atoms with Gasteiger partial charge in [-0.15, -0.1) is 0 Å². The van der Waals surface area contributed by atoms with Crippen LogP contribution in [0, 0.1) is 0 Å². The van der Waals surface area contributed by atoms with Gasteiger partial charge in [-0.25, -0.2) is 0 Å². The first kappa shape index (κ1) is 13.7. The van der Waals surface area contributed by atoms with E-state index in [1.165, 1.54) is 0 Å². The van der Waals surface area contributed by atoms with E-state index < -0.39 is 0 Å². The van der Waals surface area contributed by atoms with E-state index in [4.69, 9.17) is 10.5 Å². The van der Waals surface area contributed by atoms with Crippen LogP contribution in [0.15, 0.2) is 18.2 Å². The second kappa shape index (κ2) is 5.93. The zero-order valence-corrected chi connectivity index (χ0v) is 11.5. The number of benzene rings is 1. The van der Waals surface area contributed by atoms with Crippen molar-refractivity contribution in [2.75, 3.05) is 33.0 Å². The monoisotopic (exact) mass is 263 g/mol. The lowest BCUT2D eigenvalue weighted by Gasteiger charge is -2.30. The molecule has 1 amide bonds. The van der Waals surface area contributed by atoms with Crippen molar-refractivity contribution in [1.29, 1.82) is 0 Å². The summed E-state index contributed by atoms with van der Waals surface area (Å²) in [5.41, 5.74) is 6.87. The number of likely N-dealkylation sites (tertiary alicyclic amines) is 1. The summed E-state index contributed by atoms with van der Waals surface area (Å²) in [5, 5.41) is 3.05. The lowest BCUT2D eigenvalue weighted by Crippen LogP contribution is -2.46. The molecule has 0 spiro atoms. The van der Waals surface area contributed by atoms with Gasteiger partial charge < -0.3 is 20.7 Å². The van der Waals surface area contributed by atoms with E-state index in [1.54, 1.807) is 25.3 Å². The Hall–Kier alpha value is -1.75. The van der Waals surface area contributed by atoms with Crippen LogP contribution in [0.2, 0.25) is 0 Å². The molecule has 0 aromatic heterocycles. The van der Waals surface area contributed by atoms with Crippen molar-refractivity contribution in [2.45, 2.75) is 18.9 Å². The average Bonchev–Trinajstić information content (AvgIpc) is 2.38. The molecule has 1 heterocycles. The first-order valence-corrected chi connectivity index (χ1v) is 6.53. The fourth-order valence-electron chi connectivity index (χ4n) is 2.43. The van der Waals surface area contributed by atoms with E-state index in [0.29, 0.717) is 17.0 Å². The SMILES string of the molecule is COc1ccc(C(=O)NC2CCCN(C)C2)cc1N. The Kier molecular flexibility index (Phi) is 4.27. The van der Waals surface area contributed by atoms with E-state index in [2.05, 4.69) is 17.3 Å². The number of piperidine rings is 1. The number of carbonyl (C=O) groups excluding carboxylic acids is 1. The van der Waals surface area contributed by atoms with Gasteiger partial charge in [-0.05, 0) is 44.6 Å². The van der Waals surface area contributed by atoms with Crippen molar-refractivity contribution >= 4 is 11.6 Å². The third-order valence-corrected chi connectivity index (χ3v) is 3.45. The maximum Gasteiger partial charge on any atom is 0.251 e. The lowest BCUT2D eigenvalue weighted by atomic mass is 10.1. The average molecular weight is 263 g/mol. The van der Waals surface area contributed by atoms with Gasteiger partial charge in [0, 0.05) is 18.2 Å². The summed E-state index contributed by atoms with van der Waals surface area (Å²) in [7, 11) is 3.63. The molecule has 0 bridgehead atoms. The minimum atomic E-state index is -0.0744. The molecule has 1 fully saturated rings. The Morgan fingerprint density at radius 3 is 2.95 bits per heavy atom. The Morgan fingerprint density at radius 2 is 2.32 bits per heavy atom. The topological polar surface area (TPSA) is 67.6 Å². The van der Waals surface area contributed by atoms with Gasteiger partial charge in [0.25, 0.3) is 5.91 Å². The van der Waals surface area contributed by atoms with Gasteiger partial charge in [0.05, 0.1) is 12.8 Å². The predicted octanol–water partition coefficient (Wildman–Crippen LogP) is 1.10. The van der Waals surface area contributed by atoms with Crippen molar-refractivity contribution in [3.05, 3.63) is 23.8 Å². The van der Waals surface area contributed by atoms with Gasteiger partial charge in [0.1, 0.15) is 5.75 Å². The van der Waals surface area contributed by atoms with E-state index in [-0.39, 0.29) is 11.9 Å². The van der Waals surface area contributed by atoms with Crippen LogP contribution in [0.25, 0.3) is 0 Å². The molecule has 1 saturated heterocycles. The number of anilines is 1. The van der Waals surface area contributed by atoms with Gasteiger partial charge in [-0.3, -0.25) is 4.79 Å². The number of nitrogens with two attached hydrogens (primary N) is 1. The third-order valence-electron chi connectivity index (χ3n) is 3.45. The van der Waals surface area contributed by atoms with Crippen LogP contribution in [-0.2, 0) is 0 Å². The molecule has 3 N–H and O–H groups in total. The van der Waals surface area contributed by atoms with Crippen molar-refractivity contribution in [2.24, 2.45) is 0 Å². The molecule has 1 aliphatic heterocycles. The maximum atomic E-state index is 12.1. The molecule has 5 nitrogen and oxygen atoms in total. The van der Waals surface area contributed by atoms with Gasteiger partial charge >= 0.3 is 0 Å². The van der Waals surface area contributed by atoms with Crippen molar-refractivity contribution < 1.29 is 9.53 Å². The van der Waals surface area contributed by atoms with Crippen LogP contribution in [0.1, 0.15) is 23.2 Å². The zero-order chi connectivity index (χ0) is 13.8. The Bertz CT molecular complexity index is 462. The summed E-state index contributed by atoms with van der Waals surface area (Å²) < 4.78 is 5.08. The van der Waals surface area contributed by atoms with Crippen molar-refractivity contribution in [3.8, 4) is 5.75 Å². The fraction of sp³-hybridized carbons (Fsp3) is 0.500. The first-order chi connectivity index (χ1) is 9.10. The van der Waals surface area contributed by atoms with E-state index in [0.717, 1.165) is 25.9 Å². The molecule has 5 heteroatoms. The van der Waals surface area contributed by atoms with E-state index >= 15 is 0 Å². The normalized spacial score (nSPS) is 20.0. The second-order valence-electron chi connectivity index (χ2n) is 5.03. The van der Waals surface area contributed by atoms with Gasteiger partial charge in [-0.2, -0.15) is 0 Å². The highest BCUT2D eigenvalue weighted by molar-refractivity contribution is 5.95. The Labute approximate surface area is 113 Å². The Morgan fingerprint density at radius 1 is 1.53 bits per heavy atom. The van der Waals surface area contributed by atoms with Crippen LogP contribution < -0.4 is 15.8 Å². The summed E-state index contributed by atoms with van der Waals surface area (Å²) in [6.07, 6.45) is 2.15. The number of carbonyl (C=O) groups is 1. The number of rotatable bonds is 3. The standard InChI is InChI=1S/C14H21N3O2/c1-17-7-3-4-11(9-17)16-14(18)10-5-6-13(19-2)12(15)8-10/h5-6,8,11H,3-4,7,9,15H2,1-2H3,(H,16,18). The molecule has 0 aliphatic carbocycles. The number of ether oxygens (including phenoxy) is 1. The summed E-state index contributed by atoms with van der Waals surface area (Å²) in [5.74, 6) is 0.517. The van der Waals surface area contributed by atoms with Crippen LogP contribution in [-0.4, -0.2) is 44.1 Å². The molecule has 1 aromatic rings. The molecular formula is C14H21N3O2. The molecule has 1 unspecified atom stereocenters. The van der Waals surface area contributed by atoms with Crippen molar-refractivity contribution in [1.82, 2.24) is 10.2 Å². The van der Waals surface area contributed by atoms with Crippen LogP contribution in [0.3, 0.4) is 0 Å². The summed E-state index contributed by atoms with van der Waals surface area (Å²) in [6, 6.07) is 5.32. The minimum Gasteiger partial charge on any atom is -0.495 e. The second-order valence-corrected chi connectivity index (χ2v) is 5.03. The molecule has 1 aliphatic rings.